The maximum Gasteiger partial charge on any atom is 0.137 e. The maximum atomic E-state index is 6.73. The van der Waals surface area contributed by atoms with Crippen LogP contribution in [0.1, 0.15) is 0 Å². The lowest BCUT2D eigenvalue weighted by Gasteiger charge is -2.25. The molecular weight excluding hydrogens is 805 g/mol. The highest BCUT2D eigenvalue weighted by atomic mass is 32.1. The van der Waals surface area contributed by atoms with E-state index in [1.807, 2.05) is 29.5 Å². The molecule has 0 bridgehead atoms. The summed E-state index contributed by atoms with van der Waals surface area (Å²) in [5.41, 5.74) is 11.4. The number of anilines is 6. The normalized spacial score (nSPS) is 12.1. The Bertz CT molecular complexity index is 3890. The summed E-state index contributed by atoms with van der Waals surface area (Å²) >= 11 is 1.84. The number of hydrogen-bond acceptors (Lipinski definition) is 6. The topological polar surface area (TPSA) is 45.9 Å². The second-order valence-electron chi connectivity index (χ2n) is 16.5. The van der Waals surface area contributed by atoms with E-state index in [1.54, 1.807) is 0 Å². The first kappa shape index (κ1) is 35.3. The molecule has 4 heterocycles. The Morgan fingerprint density at radius 1 is 0.250 bits per heavy atom. The molecule has 10 aromatic carbocycles. The average molecular weight is 839 g/mol. The summed E-state index contributed by atoms with van der Waals surface area (Å²) in [4.78, 5) is 4.59. The van der Waals surface area contributed by atoms with Crippen LogP contribution in [0.3, 0.4) is 0 Å². The van der Waals surface area contributed by atoms with Crippen LogP contribution in [0.5, 0.6) is 0 Å². The third-order valence-electron chi connectivity index (χ3n) is 12.8. The molecule has 0 saturated heterocycles. The number of para-hydroxylation sites is 3. The Morgan fingerprint density at radius 3 is 1.31 bits per heavy atom. The molecule has 14 rings (SSSR count). The standard InChI is InChI=1S/C58H34N2O3S/c1-3-11-37(12-4-1)59(39-21-25-52-49(31-39)43-15-7-9-17-51(43)61-52)41-19-23-44-47-27-35-30-54-48(28-36(35)29-53(47)62-55(44)33-41)45-24-20-42(34-56(45)63-54)60(38-13-5-2-6-14-38)40-22-26-58-50(32-40)46-16-8-10-18-57(46)64-58/h1-34H. The van der Waals surface area contributed by atoms with Gasteiger partial charge in [-0.15, -0.1) is 11.3 Å². The van der Waals surface area contributed by atoms with Crippen LogP contribution in [0.25, 0.3) is 96.8 Å². The number of nitrogens with zero attached hydrogens (tertiary/aromatic N) is 2. The van der Waals surface area contributed by atoms with Crippen LogP contribution in [-0.4, -0.2) is 0 Å². The molecule has 64 heavy (non-hydrogen) atoms. The highest BCUT2D eigenvalue weighted by molar-refractivity contribution is 7.25. The summed E-state index contributed by atoms with van der Waals surface area (Å²) in [6.07, 6.45) is 0. The second-order valence-corrected chi connectivity index (χ2v) is 17.6. The van der Waals surface area contributed by atoms with Gasteiger partial charge in [-0.2, -0.15) is 0 Å². The van der Waals surface area contributed by atoms with Crippen LogP contribution in [0.4, 0.5) is 34.1 Å². The summed E-state index contributed by atoms with van der Waals surface area (Å²) in [6, 6.07) is 73.0. The molecule has 6 heteroatoms. The molecule has 0 N–H and O–H groups in total. The molecule has 0 radical (unpaired) electrons. The van der Waals surface area contributed by atoms with E-state index < -0.39 is 0 Å². The zero-order valence-corrected chi connectivity index (χ0v) is 35.0. The average Bonchev–Trinajstić information content (AvgIpc) is 4.10. The predicted octanol–water partition coefficient (Wildman–Crippen LogP) is 17.8. The van der Waals surface area contributed by atoms with Gasteiger partial charge < -0.3 is 23.1 Å². The first-order valence-corrected chi connectivity index (χ1v) is 22.3. The Hall–Kier alpha value is -8.32. The van der Waals surface area contributed by atoms with E-state index in [-0.39, 0.29) is 0 Å². The van der Waals surface area contributed by atoms with E-state index in [9.17, 15) is 0 Å². The van der Waals surface area contributed by atoms with E-state index in [2.05, 4.69) is 198 Å². The van der Waals surface area contributed by atoms with Crippen LogP contribution < -0.4 is 9.80 Å². The number of rotatable bonds is 6. The first-order valence-electron chi connectivity index (χ1n) is 21.5. The molecule has 0 saturated carbocycles. The Balaban J connectivity index is 0.865. The smallest absolute Gasteiger partial charge is 0.137 e. The molecule has 0 aliphatic rings. The summed E-state index contributed by atoms with van der Waals surface area (Å²) in [6.45, 7) is 0. The third-order valence-corrected chi connectivity index (χ3v) is 13.9. The van der Waals surface area contributed by atoms with Crippen molar-refractivity contribution in [2.45, 2.75) is 0 Å². The maximum absolute atomic E-state index is 6.73. The van der Waals surface area contributed by atoms with Gasteiger partial charge in [-0.25, -0.2) is 0 Å². The molecule has 0 fully saturated rings. The van der Waals surface area contributed by atoms with E-state index in [1.165, 1.54) is 20.2 Å². The van der Waals surface area contributed by atoms with Gasteiger partial charge in [-0.3, -0.25) is 0 Å². The van der Waals surface area contributed by atoms with Gasteiger partial charge in [0.2, 0.25) is 0 Å². The number of thiophene rings is 1. The molecule has 0 atom stereocenters. The molecule has 4 aromatic heterocycles. The van der Waals surface area contributed by atoms with Gasteiger partial charge in [-0.05, 0) is 132 Å². The zero-order valence-electron chi connectivity index (χ0n) is 34.2. The van der Waals surface area contributed by atoms with Gasteiger partial charge in [0.1, 0.15) is 33.5 Å². The fraction of sp³-hybridized carbons (Fsp3) is 0. The predicted molar refractivity (Wildman–Crippen MR) is 268 cm³/mol. The minimum absolute atomic E-state index is 0.828. The van der Waals surface area contributed by atoms with Crippen molar-refractivity contribution in [2.75, 3.05) is 9.80 Å². The van der Waals surface area contributed by atoms with Crippen molar-refractivity contribution in [3.05, 3.63) is 206 Å². The van der Waals surface area contributed by atoms with Crippen LogP contribution >= 0.6 is 11.3 Å². The van der Waals surface area contributed by atoms with Gasteiger partial charge in [-0.1, -0.05) is 72.8 Å². The minimum Gasteiger partial charge on any atom is -0.456 e. The lowest BCUT2D eigenvalue weighted by Crippen LogP contribution is -2.09. The molecular formula is C58H34N2O3S. The number of hydrogen-bond donors (Lipinski definition) is 0. The number of fused-ring (bicyclic) bond motifs is 13. The van der Waals surface area contributed by atoms with Gasteiger partial charge in [0, 0.05) is 98.7 Å². The van der Waals surface area contributed by atoms with Crippen molar-refractivity contribution in [3.8, 4) is 0 Å². The fourth-order valence-electron chi connectivity index (χ4n) is 9.80. The summed E-state index contributed by atoms with van der Waals surface area (Å²) in [5, 5.41) is 11.2. The highest BCUT2D eigenvalue weighted by Crippen LogP contribution is 2.45. The molecule has 300 valence electrons. The Kier molecular flexibility index (Phi) is 7.49. The monoisotopic (exact) mass is 838 g/mol. The molecule has 14 aromatic rings. The summed E-state index contributed by atoms with van der Waals surface area (Å²) in [7, 11) is 0. The van der Waals surface area contributed by atoms with E-state index in [4.69, 9.17) is 13.3 Å². The largest absolute Gasteiger partial charge is 0.456 e. The quantitative estimate of drug-likeness (QED) is 0.167. The van der Waals surface area contributed by atoms with Crippen LogP contribution in [0.15, 0.2) is 220 Å². The summed E-state index contributed by atoms with van der Waals surface area (Å²) in [5.74, 6) is 0. The molecule has 5 nitrogen and oxygen atoms in total. The fourth-order valence-corrected chi connectivity index (χ4v) is 10.9. The molecule has 0 amide bonds. The molecule has 0 unspecified atom stereocenters. The SMILES string of the molecule is c1ccc(N(c2ccc3c(c2)oc2cc4cc5c(cc4cc23)oc2cc(N(c3ccccc3)c3ccc4sc6ccccc6c4c3)ccc25)c2ccc3oc4ccccc4c3c2)cc1. The van der Waals surface area contributed by atoms with Crippen molar-refractivity contribution < 1.29 is 13.3 Å². The number of furan rings is 3. The van der Waals surface area contributed by atoms with Crippen molar-refractivity contribution in [2.24, 2.45) is 0 Å². The molecule has 0 aliphatic heterocycles. The van der Waals surface area contributed by atoms with Gasteiger partial charge in [0.15, 0.2) is 0 Å². The van der Waals surface area contributed by atoms with Crippen molar-refractivity contribution in [1.29, 1.82) is 0 Å². The van der Waals surface area contributed by atoms with Gasteiger partial charge in [0.25, 0.3) is 0 Å². The van der Waals surface area contributed by atoms with E-state index >= 15 is 0 Å². The van der Waals surface area contributed by atoms with E-state index in [0.29, 0.717) is 0 Å². The van der Waals surface area contributed by atoms with Crippen LogP contribution in [-0.2, 0) is 0 Å². The molecule has 0 aliphatic carbocycles. The van der Waals surface area contributed by atoms with Crippen molar-refractivity contribution in [1.82, 2.24) is 0 Å². The Labute approximate surface area is 369 Å². The van der Waals surface area contributed by atoms with Crippen LogP contribution in [0.2, 0.25) is 0 Å². The minimum atomic E-state index is 0.828. The van der Waals surface area contributed by atoms with Crippen molar-refractivity contribution >= 4 is 142 Å². The molecule has 0 spiro atoms. The zero-order chi connectivity index (χ0) is 41.9. The van der Waals surface area contributed by atoms with Crippen LogP contribution in [0, 0.1) is 0 Å². The first-order chi connectivity index (χ1) is 31.7. The van der Waals surface area contributed by atoms with E-state index in [0.717, 1.165) is 111 Å². The third kappa shape index (κ3) is 5.43. The summed E-state index contributed by atoms with van der Waals surface area (Å²) < 4.78 is 22.2. The van der Waals surface area contributed by atoms with Gasteiger partial charge in [0.05, 0.1) is 0 Å². The lowest BCUT2D eigenvalue weighted by molar-refractivity contribution is 0.668. The van der Waals surface area contributed by atoms with Crippen molar-refractivity contribution in [3.63, 3.8) is 0 Å². The number of benzene rings is 10. The Morgan fingerprint density at radius 2 is 0.672 bits per heavy atom. The lowest BCUT2D eigenvalue weighted by atomic mass is 10.0. The highest BCUT2D eigenvalue weighted by Gasteiger charge is 2.20. The second kappa shape index (κ2) is 13.6. The van der Waals surface area contributed by atoms with Gasteiger partial charge >= 0.3 is 0 Å².